The van der Waals surface area contributed by atoms with Gasteiger partial charge in [-0.15, -0.1) is 0 Å². The third-order valence-electron chi connectivity index (χ3n) is 3.97. The lowest BCUT2D eigenvalue weighted by molar-refractivity contribution is -0.152. The molecule has 0 aliphatic heterocycles. The Morgan fingerprint density at radius 1 is 1.04 bits per heavy atom. The van der Waals surface area contributed by atoms with Crippen molar-refractivity contribution < 1.29 is 24.5 Å². The Hall–Kier alpha value is -3.08. The van der Waals surface area contributed by atoms with E-state index in [1.54, 1.807) is 56.3 Å². The Morgan fingerprint density at radius 2 is 1.58 bits per heavy atom. The van der Waals surface area contributed by atoms with Crippen LogP contribution >= 0.6 is 0 Å². The second kappa shape index (κ2) is 7.44. The van der Waals surface area contributed by atoms with Gasteiger partial charge in [0.1, 0.15) is 11.5 Å². The van der Waals surface area contributed by atoms with Crippen molar-refractivity contribution in [1.82, 2.24) is 0 Å². The Kier molecular flexibility index (Phi) is 5.50. The molecule has 0 radical (unpaired) electrons. The molecule has 0 fully saturated rings. The summed E-state index contributed by atoms with van der Waals surface area (Å²) in [5, 5.41) is 18.9. The fraction of sp³-hybridized carbons (Fsp3) is 0.238. The molecule has 0 saturated carbocycles. The number of hydrogen-bond acceptors (Lipinski definition) is 4. The molecular formula is C21H22O5. The highest BCUT2D eigenvalue weighted by molar-refractivity contribution is 6.06. The molecule has 2 rings (SSSR count). The molecule has 0 spiro atoms. The quantitative estimate of drug-likeness (QED) is 0.601. The summed E-state index contributed by atoms with van der Waals surface area (Å²) in [6, 6.07) is 9.93. The van der Waals surface area contributed by atoms with Crippen LogP contribution in [0.5, 0.6) is 11.5 Å². The normalized spacial score (nSPS) is 11.5. The highest BCUT2D eigenvalue weighted by atomic mass is 16.5. The Balaban J connectivity index is 2.12. The van der Waals surface area contributed by atoms with E-state index >= 15 is 0 Å². The number of carboxylic acid groups (broad SMARTS) is 1. The standard InChI is InChI=1S/C21H22O5/c1-13-11-15(12-14(2)19(13)23)5-10-18(22)16-6-8-17(9-7-16)26-21(3,4)20(24)25/h5-12,23H,1-4H3,(H,24,25)/b10-5+. The van der Waals surface area contributed by atoms with Gasteiger partial charge in [0.05, 0.1) is 0 Å². The van der Waals surface area contributed by atoms with Crippen molar-refractivity contribution in [2.24, 2.45) is 0 Å². The molecule has 0 bridgehead atoms. The van der Waals surface area contributed by atoms with E-state index in [2.05, 4.69) is 0 Å². The Morgan fingerprint density at radius 3 is 2.08 bits per heavy atom. The number of ketones is 1. The monoisotopic (exact) mass is 354 g/mol. The van der Waals surface area contributed by atoms with Crippen LogP contribution in [0.15, 0.2) is 42.5 Å². The molecule has 0 aliphatic rings. The number of allylic oxidation sites excluding steroid dienone is 1. The third kappa shape index (κ3) is 4.51. The molecule has 5 heteroatoms. The van der Waals surface area contributed by atoms with Crippen LogP contribution in [0.25, 0.3) is 6.08 Å². The predicted octanol–water partition coefficient (Wildman–Crippen LogP) is 4.15. The average molecular weight is 354 g/mol. The molecule has 5 nitrogen and oxygen atoms in total. The number of aryl methyl sites for hydroxylation is 2. The van der Waals surface area contributed by atoms with E-state index in [4.69, 9.17) is 9.84 Å². The van der Waals surface area contributed by atoms with Crippen LogP contribution in [0.3, 0.4) is 0 Å². The Bertz CT molecular complexity index is 837. The summed E-state index contributed by atoms with van der Waals surface area (Å²) in [5.74, 6) is -0.617. The minimum absolute atomic E-state index is 0.183. The largest absolute Gasteiger partial charge is 0.507 e. The van der Waals surface area contributed by atoms with E-state index in [1.165, 1.54) is 19.9 Å². The van der Waals surface area contributed by atoms with Crippen LogP contribution in [0.2, 0.25) is 0 Å². The zero-order chi connectivity index (χ0) is 19.5. The van der Waals surface area contributed by atoms with Gasteiger partial charge in [-0.25, -0.2) is 4.79 Å². The predicted molar refractivity (Wildman–Crippen MR) is 99.7 cm³/mol. The van der Waals surface area contributed by atoms with Gasteiger partial charge < -0.3 is 14.9 Å². The molecular weight excluding hydrogens is 332 g/mol. The number of carboxylic acids is 1. The van der Waals surface area contributed by atoms with Crippen molar-refractivity contribution in [3.8, 4) is 11.5 Å². The lowest BCUT2D eigenvalue weighted by Gasteiger charge is -2.21. The van der Waals surface area contributed by atoms with Gasteiger partial charge in [0.25, 0.3) is 0 Å². The van der Waals surface area contributed by atoms with E-state index in [0.29, 0.717) is 11.3 Å². The fourth-order valence-electron chi connectivity index (χ4n) is 2.38. The van der Waals surface area contributed by atoms with Gasteiger partial charge in [-0.3, -0.25) is 4.79 Å². The molecule has 0 aromatic heterocycles. The van der Waals surface area contributed by atoms with Gasteiger partial charge in [0.15, 0.2) is 11.4 Å². The van der Waals surface area contributed by atoms with Gasteiger partial charge in [-0.05, 0) is 86.9 Å². The molecule has 0 heterocycles. The average Bonchev–Trinajstić information content (AvgIpc) is 2.57. The lowest BCUT2D eigenvalue weighted by atomic mass is 10.0. The van der Waals surface area contributed by atoms with Crippen LogP contribution in [0.1, 0.15) is 40.9 Å². The minimum atomic E-state index is -1.35. The van der Waals surface area contributed by atoms with Crippen LogP contribution in [0, 0.1) is 13.8 Å². The first-order valence-corrected chi connectivity index (χ1v) is 8.15. The van der Waals surface area contributed by atoms with E-state index in [1.807, 2.05) is 0 Å². The van der Waals surface area contributed by atoms with Gasteiger partial charge in [0.2, 0.25) is 0 Å². The zero-order valence-corrected chi connectivity index (χ0v) is 15.2. The maximum atomic E-state index is 12.3. The summed E-state index contributed by atoms with van der Waals surface area (Å²) >= 11 is 0. The first kappa shape index (κ1) is 19.2. The smallest absolute Gasteiger partial charge is 0.347 e. The van der Waals surface area contributed by atoms with Crippen LogP contribution < -0.4 is 4.74 Å². The Labute approximate surface area is 152 Å². The molecule has 0 amide bonds. The highest BCUT2D eigenvalue weighted by Gasteiger charge is 2.29. The van der Waals surface area contributed by atoms with Crippen molar-refractivity contribution in [2.45, 2.75) is 33.3 Å². The van der Waals surface area contributed by atoms with E-state index in [-0.39, 0.29) is 11.5 Å². The van der Waals surface area contributed by atoms with Crippen molar-refractivity contribution in [2.75, 3.05) is 0 Å². The summed E-state index contributed by atoms with van der Waals surface area (Å²) in [7, 11) is 0. The summed E-state index contributed by atoms with van der Waals surface area (Å²) < 4.78 is 5.41. The number of hydrogen-bond donors (Lipinski definition) is 2. The number of carbonyl (C=O) groups excluding carboxylic acids is 1. The second-order valence-corrected chi connectivity index (χ2v) is 6.64. The number of rotatable bonds is 6. The van der Waals surface area contributed by atoms with Gasteiger partial charge in [-0.2, -0.15) is 0 Å². The topological polar surface area (TPSA) is 83.8 Å². The number of aromatic hydroxyl groups is 1. The van der Waals surface area contributed by atoms with Crippen molar-refractivity contribution in [1.29, 1.82) is 0 Å². The number of phenolic OH excluding ortho intramolecular Hbond substituents is 1. The van der Waals surface area contributed by atoms with Gasteiger partial charge >= 0.3 is 5.97 Å². The lowest BCUT2D eigenvalue weighted by Crippen LogP contribution is -2.37. The van der Waals surface area contributed by atoms with Crippen molar-refractivity contribution in [3.63, 3.8) is 0 Å². The molecule has 2 aromatic rings. The third-order valence-corrected chi connectivity index (χ3v) is 3.97. The number of ether oxygens (including phenoxy) is 1. The molecule has 0 unspecified atom stereocenters. The molecule has 0 aliphatic carbocycles. The molecule has 2 N–H and O–H groups in total. The second-order valence-electron chi connectivity index (χ2n) is 6.64. The van der Waals surface area contributed by atoms with Crippen molar-refractivity contribution in [3.05, 3.63) is 64.7 Å². The summed E-state index contributed by atoms with van der Waals surface area (Å²) in [4.78, 5) is 23.4. The number of benzene rings is 2. The maximum Gasteiger partial charge on any atom is 0.347 e. The van der Waals surface area contributed by atoms with Crippen molar-refractivity contribution >= 4 is 17.8 Å². The number of phenols is 1. The zero-order valence-electron chi connectivity index (χ0n) is 15.2. The van der Waals surface area contributed by atoms with Crippen LogP contribution in [-0.2, 0) is 4.79 Å². The SMILES string of the molecule is Cc1cc(/C=C/C(=O)c2ccc(OC(C)(C)C(=O)O)cc2)cc(C)c1O. The summed E-state index contributed by atoms with van der Waals surface area (Å²) in [6.45, 7) is 6.52. The number of carbonyl (C=O) groups is 2. The minimum Gasteiger partial charge on any atom is -0.507 e. The van der Waals surface area contributed by atoms with Crippen LogP contribution in [0.4, 0.5) is 0 Å². The fourth-order valence-corrected chi connectivity index (χ4v) is 2.38. The van der Waals surface area contributed by atoms with Gasteiger partial charge in [0, 0.05) is 5.56 Å². The summed E-state index contributed by atoms with van der Waals surface area (Å²) in [6.07, 6.45) is 3.15. The van der Waals surface area contributed by atoms with E-state index in [0.717, 1.165) is 16.7 Å². The maximum absolute atomic E-state index is 12.3. The highest BCUT2D eigenvalue weighted by Crippen LogP contribution is 2.24. The molecule has 0 saturated heterocycles. The molecule has 0 atom stereocenters. The number of aliphatic carboxylic acids is 1. The molecule has 136 valence electrons. The van der Waals surface area contributed by atoms with E-state index in [9.17, 15) is 14.7 Å². The first-order chi connectivity index (χ1) is 12.1. The first-order valence-electron chi connectivity index (χ1n) is 8.15. The summed E-state index contributed by atoms with van der Waals surface area (Å²) in [5.41, 5.74) is 1.45. The van der Waals surface area contributed by atoms with Gasteiger partial charge in [-0.1, -0.05) is 6.08 Å². The molecule has 26 heavy (non-hydrogen) atoms. The van der Waals surface area contributed by atoms with Crippen LogP contribution in [-0.4, -0.2) is 27.6 Å². The molecule has 2 aromatic carbocycles. The van der Waals surface area contributed by atoms with E-state index < -0.39 is 11.6 Å².